The van der Waals surface area contributed by atoms with Gasteiger partial charge in [-0.3, -0.25) is 9.10 Å². The third-order valence-corrected chi connectivity index (χ3v) is 6.88. The van der Waals surface area contributed by atoms with Gasteiger partial charge < -0.3 is 10.2 Å². The Kier molecular flexibility index (Phi) is 7.26. The van der Waals surface area contributed by atoms with Crippen LogP contribution in [0.1, 0.15) is 36.5 Å². The lowest BCUT2D eigenvalue weighted by Crippen LogP contribution is -2.40. The molecule has 1 N–H and O–H groups in total. The maximum atomic E-state index is 12.5. The number of amides is 1. The van der Waals surface area contributed by atoms with Crippen LogP contribution in [0, 0.1) is 19.8 Å². The molecule has 0 saturated carbocycles. The first-order valence-corrected chi connectivity index (χ1v) is 12.6. The summed E-state index contributed by atoms with van der Waals surface area (Å²) in [5.41, 5.74) is 4.59. The minimum atomic E-state index is -3.59. The number of sulfonamides is 1. The predicted molar refractivity (Wildman–Crippen MR) is 127 cm³/mol. The van der Waals surface area contributed by atoms with Crippen molar-refractivity contribution in [1.29, 1.82) is 0 Å². The molecule has 6 nitrogen and oxygen atoms in total. The van der Waals surface area contributed by atoms with Gasteiger partial charge >= 0.3 is 0 Å². The number of hydrogen-bond donors (Lipinski definition) is 1. The smallest absolute Gasteiger partial charge is 0.241 e. The molecule has 1 aliphatic rings. The zero-order valence-corrected chi connectivity index (χ0v) is 19.7. The second-order valence-electron chi connectivity index (χ2n) is 8.70. The number of rotatable bonds is 7. The molecule has 1 heterocycles. The SMILES string of the molecule is Cc1ccc(N(CC(=O)NCc2ccc(N3CCCC(C)C3)cc2)S(C)(=O)=O)c(C)c1. The highest BCUT2D eigenvalue weighted by molar-refractivity contribution is 7.92. The third kappa shape index (κ3) is 6.23. The van der Waals surface area contributed by atoms with Crippen molar-refractivity contribution in [2.75, 3.05) is 35.1 Å². The number of nitrogens with zero attached hydrogens (tertiary/aromatic N) is 2. The fourth-order valence-electron chi connectivity index (χ4n) is 4.10. The van der Waals surface area contributed by atoms with Crippen LogP contribution < -0.4 is 14.5 Å². The average Bonchev–Trinajstić information content (AvgIpc) is 2.71. The number of carbonyl (C=O) groups is 1. The van der Waals surface area contributed by atoms with Gasteiger partial charge in [-0.25, -0.2) is 8.42 Å². The number of nitrogens with one attached hydrogen (secondary N) is 1. The highest BCUT2D eigenvalue weighted by Gasteiger charge is 2.22. The predicted octanol–water partition coefficient (Wildman–Crippen LogP) is 3.62. The summed E-state index contributed by atoms with van der Waals surface area (Å²) in [5.74, 6) is 0.377. The molecule has 1 amide bonds. The molecule has 1 atom stereocenters. The molecule has 3 rings (SSSR count). The van der Waals surface area contributed by atoms with Crippen molar-refractivity contribution >= 4 is 27.3 Å². The first-order chi connectivity index (χ1) is 14.6. The summed E-state index contributed by atoms with van der Waals surface area (Å²) in [5, 5.41) is 2.85. The monoisotopic (exact) mass is 443 g/mol. The molecule has 1 fully saturated rings. The third-order valence-electron chi connectivity index (χ3n) is 5.76. The van der Waals surface area contributed by atoms with Crippen LogP contribution in [0.5, 0.6) is 0 Å². The topological polar surface area (TPSA) is 69.7 Å². The zero-order chi connectivity index (χ0) is 22.6. The number of carbonyl (C=O) groups excluding carboxylic acids is 1. The summed E-state index contributed by atoms with van der Waals surface area (Å²) in [6, 6.07) is 13.7. The van der Waals surface area contributed by atoms with Gasteiger partial charge in [-0.2, -0.15) is 0 Å². The van der Waals surface area contributed by atoms with Gasteiger partial charge in [0.05, 0.1) is 11.9 Å². The Balaban J connectivity index is 1.61. The molecule has 0 bridgehead atoms. The van der Waals surface area contributed by atoms with Crippen molar-refractivity contribution in [3.05, 3.63) is 59.2 Å². The first-order valence-electron chi connectivity index (χ1n) is 10.8. The first kappa shape index (κ1) is 23.1. The van der Waals surface area contributed by atoms with E-state index in [0.29, 0.717) is 18.2 Å². The highest BCUT2D eigenvalue weighted by Crippen LogP contribution is 2.24. The molecule has 1 saturated heterocycles. The number of aryl methyl sites for hydroxylation is 2. The summed E-state index contributed by atoms with van der Waals surface area (Å²) < 4.78 is 25.8. The number of anilines is 2. The molecule has 0 aromatic heterocycles. The van der Waals surface area contributed by atoms with Gasteiger partial charge in [-0.1, -0.05) is 36.8 Å². The highest BCUT2D eigenvalue weighted by atomic mass is 32.2. The molecule has 1 aliphatic heterocycles. The van der Waals surface area contributed by atoms with E-state index in [-0.39, 0.29) is 12.5 Å². The minimum absolute atomic E-state index is 0.244. The van der Waals surface area contributed by atoms with Crippen molar-refractivity contribution in [1.82, 2.24) is 5.32 Å². The van der Waals surface area contributed by atoms with Crippen LogP contribution in [-0.2, 0) is 21.4 Å². The van der Waals surface area contributed by atoms with Crippen molar-refractivity contribution in [3.63, 3.8) is 0 Å². The lowest BCUT2D eigenvalue weighted by atomic mass is 9.99. The lowest BCUT2D eigenvalue weighted by Gasteiger charge is -2.32. The van der Waals surface area contributed by atoms with E-state index in [1.54, 1.807) is 6.07 Å². The second kappa shape index (κ2) is 9.73. The van der Waals surface area contributed by atoms with Crippen molar-refractivity contribution in [3.8, 4) is 0 Å². The minimum Gasteiger partial charge on any atom is -0.371 e. The van der Waals surface area contributed by atoms with Crippen molar-refractivity contribution in [2.24, 2.45) is 5.92 Å². The average molecular weight is 444 g/mol. The standard InChI is InChI=1S/C24H33N3O3S/c1-18-7-12-23(20(3)14-18)27(31(4,29)30)17-24(28)25-15-21-8-10-22(11-9-21)26-13-5-6-19(2)16-26/h7-12,14,19H,5-6,13,15-17H2,1-4H3,(H,25,28). The van der Waals surface area contributed by atoms with Crippen LogP contribution in [0.3, 0.4) is 0 Å². The fourth-order valence-corrected chi connectivity index (χ4v) is 5.02. The molecule has 0 spiro atoms. The Labute approximate surface area is 186 Å². The molecule has 1 unspecified atom stereocenters. The molecule has 7 heteroatoms. The van der Waals surface area contributed by atoms with Crippen LogP contribution in [-0.4, -0.2) is 40.2 Å². The molecular weight excluding hydrogens is 410 g/mol. The van der Waals surface area contributed by atoms with Gasteiger partial charge in [0.15, 0.2) is 0 Å². The Hall–Kier alpha value is -2.54. The van der Waals surface area contributed by atoms with Crippen molar-refractivity contribution < 1.29 is 13.2 Å². The van der Waals surface area contributed by atoms with E-state index in [4.69, 9.17) is 0 Å². The molecule has 0 aliphatic carbocycles. The second-order valence-corrected chi connectivity index (χ2v) is 10.6. The molecule has 168 valence electrons. The normalized spacial score (nSPS) is 16.8. The Bertz CT molecular complexity index is 1020. The quantitative estimate of drug-likeness (QED) is 0.710. The molecule has 0 radical (unpaired) electrons. The summed E-state index contributed by atoms with van der Waals surface area (Å²) in [6.45, 7) is 8.37. The summed E-state index contributed by atoms with van der Waals surface area (Å²) in [6.07, 6.45) is 3.63. The number of hydrogen-bond acceptors (Lipinski definition) is 4. The van der Waals surface area contributed by atoms with E-state index in [1.165, 1.54) is 18.5 Å². The lowest BCUT2D eigenvalue weighted by molar-refractivity contribution is -0.119. The van der Waals surface area contributed by atoms with Gasteiger partial charge in [0.1, 0.15) is 6.54 Å². The molecule has 2 aromatic rings. The maximum Gasteiger partial charge on any atom is 0.241 e. The van der Waals surface area contributed by atoms with E-state index >= 15 is 0 Å². The van der Waals surface area contributed by atoms with Crippen molar-refractivity contribution in [2.45, 2.75) is 40.2 Å². The van der Waals surface area contributed by atoms with Gasteiger partial charge in [0.25, 0.3) is 0 Å². The van der Waals surface area contributed by atoms with Crippen LogP contribution in [0.25, 0.3) is 0 Å². The van der Waals surface area contributed by atoms with E-state index in [0.717, 1.165) is 40.3 Å². The van der Waals surface area contributed by atoms with Gasteiger partial charge in [-0.15, -0.1) is 0 Å². The van der Waals surface area contributed by atoms with E-state index < -0.39 is 10.0 Å². The van der Waals surface area contributed by atoms with Gasteiger partial charge in [0, 0.05) is 25.3 Å². The zero-order valence-electron chi connectivity index (χ0n) is 18.9. The van der Waals surface area contributed by atoms with Crippen LogP contribution in [0.2, 0.25) is 0 Å². The van der Waals surface area contributed by atoms with Crippen LogP contribution in [0.15, 0.2) is 42.5 Å². The summed E-state index contributed by atoms with van der Waals surface area (Å²) >= 11 is 0. The molecule has 31 heavy (non-hydrogen) atoms. The van der Waals surface area contributed by atoms with Gasteiger partial charge in [-0.05, 0) is 61.9 Å². The van der Waals surface area contributed by atoms with Crippen LogP contribution >= 0.6 is 0 Å². The fraction of sp³-hybridized carbons (Fsp3) is 0.458. The Morgan fingerprint density at radius 2 is 1.87 bits per heavy atom. The Morgan fingerprint density at radius 3 is 2.48 bits per heavy atom. The summed E-state index contributed by atoms with van der Waals surface area (Å²) in [7, 11) is -3.59. The number of piperidine rings is 1. The Morgan fingerprint density at radius 1 is 1.16 bits per heavy atom. The largest absolute Gasteiger partial charge is 0.371 e. The maximum absolute atomic E-state index is 12.5. The van der Waals surface area contributed by atoms with E-state index in [9.17, 15) is 13.2 Å². The molecule has 2 aromatic carbocycles. The number of benzene rings is 2. The van der Waals surface area contributed by atoms with E-state index in [2.05, 4.69) is 29.3 Å². The van der Waals surface area contributed by atoms with E-state index in [1.807, 2.05) is 38.1 Å². The summed E-state index contributed by atoms with van der Waals surface area (Å²) in [4.78, 5) is 15.0. The van der Waals surface area contributed by atoms with Gasteiger partial charge in [0.2, 0.25) is 15.9 Å². The molecular formula is C24H33N3O3S. The van der Waals surface area contributed by atoms with Crippen LogP contribution in [0.4, 0.5) is 11.4 Å².